The summed E-state index contributed by atoms with van der Waals surface area (Å²) in [5.41, 5.74) is 7.44. The average molecular weight is 703 g/mol. The van der Waals surface area contributed by atoms with E-state index in [1.807, 2.05) is 83.7 Å². The van der Waals surface area contributed by atoms with Gasteiger partial charge in [-0.15, -0.1) is 35.7 Å². The van der Waals surface area contributed by atoms with Crippen LogP contribution >= 0.6 is 0 Å². The van der Waals surface area contributed by atoms with Crippen molar-refractivity contribution in [1.82, 2.24) is 19.3 Å². The molecule has 0 saturated carbocycles. The van der Waals surface area contributed by atoms with Crippen molar-refractivity contribution in [3.8, 4) is 40.2 Å². The molecular weight excluding hydrogens is 675 g/mol. The van der Waals surface area contributed by atoms with Gasteiger partial charge >= 0.3 is 20.4 Å². The van der Waals surface area contributed by atoms with Crippen LogP contribution < -0.4 is 4.74 Å². The Morgan fingerprint density at radius 1 is 0.894 bits per heavy atom. The summed E-state index contributed by atoms with van der Waals surface area (Å²) in [6, 6.07) is 41.2. The van der Waals surface area contributed by atoms with Gasteiger partial charge < -0.3 is 14.1 Å². The second-order valence-corrected chi connectivity index (χ2v) is 11.0. The number of para-hydroxylation sites is 1. The number of nitriles is 1. The third-order valence-corrected chi connectivity index (χ3v) is 7.94. The third kappa shape index (κ3) is 6.18. The minimum Gasteiger partial charge on any atom is -0.509 e. The van der Waals surface area contributed by atoms with Crippen LogP contribution in [0.5, 0.6) is 11.5 Å². The number of aryl methyl sites for hydroxylation is 2. The van der Waals surface area contributed by atoms with E-state index in [1.165, 1.54) is 0 Å². The van der Waals surface area contributed by atoms with E-state index in [0.717, 1.165) is 55.7 Å². The Kier molecular flexibility index (Phi) is 9.28. The molecular formula is C39H28N6OPd. The number of hydrogen-bond donors (Lipinski definition) is 0. The van der Waals surface area contributed by atoms with Gasteiger partial charge in [0.2, 0.25) is 6.54 Å². The van der Waals surface area contributed by atoms with E-state index >= 15 is 0 Å². The summed E-state index contributed by atoms with van der Waals surface area (Å²) < 4.78 is 10.4. The number of fused-ring (bicyclic) bond motifs is 3. The van der Waals surface area contributed by atoms with Crippen molar-refractivity contribution in [2.75, 3.05) is 6.54 Å². The Morgan fingerprint density at radius 2 is 1.70 bits per heavy atom. The van der Waals surface area contributed by atoms with E-state index < -0.39 is 0 Å². The summed E-state index contributed by atoms with van der Waals surface area (Å²) in [6.45, 7) is 9.84. The zero-order valence-electron chi connectivity index (χ0n) is 25.6. The maximum atomic E-state index is 9.35. The van der Waals surface area contributed by atoms with Gasteiger partial charge in [0, 0.05) is 41.6 Å². The maximum absolute atomic E-state index is 9.35. The summed E-state index contributed by atoms with van der Waals surface area (Å²) in [5, 5.41) is 16.5. The van der Waals surface area contributed by atoms with Gasteiger partial charge in [0.15, 0.2) is 0 Å². The molecule has 0 saturated heterocycles. The van der Waals surface area contributed by atoms with Gasteiger partial charge in [-0.1, -0.05) is 54.0 Å². The van der Waals surface area contributed by atoms with E-state index in [1.54, 1.807) is 0 Å². The smallest absolute Gasteiger partial charge is 0.509 e. The second kappa shape index (κ2) is 13.9. The zero-order chi connectivity index (χ0) is 31.5. The van der Waals surface area contributed by atoms with Crippen LogP contribution in [0.1, 0.15) is 23.4 Å². The Morgan fingerprint density at radius 3 is 2.51 bits per heavy atom. The average Bonchev–Trinajstić information content (AvgIpc) is 3.62. The van der Waals surface area contributed by atoms with Crippen LogP contribution in [0.15, 0.2) is 103 Å². The summed E-state index contributed by atoms with van der Waals surface area (Å²) in [6.07, 6.45) is 3.18. The van der Waals surface area contributed by atoms with E-state index in [4.69, 9.17) is 16.4 Å². The number of ether oxygens (including phenoxy) is 1. The van der Waals surface area contributed by atoms with Crippen LogP contribution in [0.3, 0.4) is 0 Å². The predicted molar refractivity (Wildman–Crippen MR) is 179 cm³/mol. The minimum atomic E-state index is 0. The zero-order valence-corrected chi connectivity index (χ0v) is 27.1. The second-order valence-electron chi connectivity index (χ2n) is 11.0. The van der Waals surface area contributed by atoms with Crippen molar-refractivity contribution in [3.05, 3.63) is 144 Å². The molecule has 0 amide bonds. The molecule has 7 rings (SSSR count). The van der Waals surface area contributed by atoms with Crippen LogP contribution in [0.2, 0.25) is 0 Å². The van der Waals surface area contributed by atoms with Crippen LogP contribution in [-0.2, 0) is 33.3 Å². The normalized spacial score (nSPS) is 10.8. The number of nitrogens with zero attached hydrogens (tertiary/aromatic N) is 6. The first-order valence-corrected chi connectivity index (χ1v) is 15.1. The van der Waals surface area contributed by atoms with Crippen LogP contribution in [0.25, 0.3) is 49.3 Å². The van der Waals surface area contributed by atoms with Crippen molar-refractivity contribution < 1.29 is 25.2 Å². The number of rotatable bonds is 9. The number of hydrogen-bond acceptors (Lipinski definition) is 4. The fourth-order valence-electron chi connectivity index (χ4n) is 5.93. The van der Waals surface area contributed by atoms with Gasteiger partial charge in [0.05, 0.1) is 23.9 Å². The first-order valence-electron chi connectivity index (χ1n) is 15.1. The summed E-state index contributed by atoms with van der Waals surface area (Å²) in [4.78, 5) is 8.30. The fraction of sp³-hybridized carbons (Fsp3) is 0.128. The van der Waals surface area contributed by atoms with Gasteiger partial charge in [-0.25, -0.2) is 11.6 Å². The molecule has 0 aliphatic rings. The monoisotopic (exact) mass is 702 g/mol. The standard InChI is InChI=1S/C39H28N6O.Pd/c1-27-19-23-42-38(24-27)44-35-16-7-6-14-32(35)33-18-17-31(26-37(33)44)46-30-13-8-12-29(25-30)45-36(20-22-41-2)39(28-10-4-3-5-11-28)34(43-45)15-9-21-40;/h3-8,10-14,16-19,23-24H,9,15,20,22H2,1H3;/q-2;+2. The molecule has 7 aromatic rings. The van der Waals surface area contributed by atoms with Crippen molar-refractivity contribution in [3.63, 3.8) is 0 Å². The Balaban J connectivity index is 0.00000386. The summed E-state index contributed by atoms with van der Waals surface area (Å²) >= 11 is 0. The van der Waals surface area contributed by atoms with E-state index in [-0.39, 0.29) is 20.4 Å². The quantitative estimate of drug-likeness (QED) is 0.112. The van der Waals surface area contributed by atoms with Crippen molar-refractivity contribution >= 4 is 21.8 Å². The van der Waals surface area contributed by atoms with Gasteiger partial charge in [0.25, 0.3) is 0 Å². The topological polar surface area (TPSA) is 73.0 Å². The molecule has 47 heavy (non-hydrogen) atoms. The first-order chi connectivity index (χ1) is 22.6. The fourth-order valence-corrected chi connectivity index (χ4v) is 5.93. The van der Waals surface area contributed by atoms with E-state index in [0.29, 0.717) is 43.0 Å². The molecule has 3 aromatic heterocycles. The Bertz CT molecular complexity index is 2290. The molecule has 4 aromatic carbocycles. The molecule has 0 N–H and O–H groups in total. The third-order valence-electron chi connectivity index (χ3n) is 7.94. The largest absolute Gasteiger partial charge is 2.00 e. The number of pyridine rings is 1. The van der Waals surface area contributed by atoms with E-state index in [2.05, 4.69) is 63.8 Å². The maximum Gasteiger partial charge on any atom is 2.00 e. The molecule has 3 heterocycles. The van der Waals surface area contributed by atoms with Gasteiger partial charge in [-0.05, 0) is 47.3 Å². The van der Waals surface area contributed by atoms with E-state index in [9.17, 15) is 5.26 Å². The van der Waals surface area contributed by atoms with Crippen LogP contribution in [0.4, 0.5) is 0 Å². The molecule has 230 valence electrons. The number of aromatic nitrogens is 4. The van der Waals surface area contributed by atoms with Crippen LogP contribution in [0, 0.1) is 37.0 Å². The molecule has 0 fully saturated rings. The molecule has 0 bridgehead atoms. The van der Waals surface area contributed by atoms with Gasteiger partial charge in [-0.3, -0.25) is 4.68 Å². The molecule has 0 aliphatic carbocycles. The van der Waals surface area contributed by atoms with Gasteiger partial charge in [0.1, 0.15) is 5.82 Å². The van der Waals surface area contributed by atoms with Crippen LogP contribution in [-0.4, -0.2) is 25.9 Å². The molecule has 0 atom stereocenters. The van der Waals surface area contributed by atoms with Crippen molar-refractivity contribution in [2.45, 2.75) is 26.2 Å². The Hall–Kier alpha value is -5.52. The minimum absolute atomic E-state index is 0. The summed E-state index contributed by atoms with van der Waals surface area (Å²) in [7, 11) is 0. The van der Waals surface area contributed by atoms with Crippen molar-refractivity contribution in [1.29, 1.82) is 5.26 Å². The molecule has 0 spiro atoms. The Labute approximate surface area is 287 Å². The number of benzene rings is 4. The molecule has 0 radical (unpaired) electrons. The summed E-state index contributed by atoms with van der Waals surface area (Å²) in [5.74, 6) is 1.88. The molecule has 0 unspecified atom stereocenters. The molecule has 7 nitrogen and oxygen atoms in total. The first kappa shape index (κ1) is 31.5. The SMILES string of the molecule is [C-]#[N+]CCc1c(-c2ccccc2)c(CCC#N)nn1-c1[c-]c(Oc2[c-]c3c(cc2)c2ccccc2n3-c2cc(C)ccn2)ccc1.[Pd+2]. The van der Waals surface area contributed by atoms with Crippen molar-refractivity contribution in [2.24, 2.45) is 0 Å². The molecule has 0 aliphatic heterocycles. The predicted octanol–water partition coefficient (Wildman–Crippen LogP) is 8.65. The molecule has 8 heteroatoms. The van der Waals surface area contributed by atoms with Gasteiger partial charge in [-0.2, -0.15) is 22.5 Å².